The third-order valence-corrected chi connectivity index (χ3v) is 9.42. The monoisotopic (exact) mass is 510 g/mol. The molecule has 4 nitrogen and oxygen atoms in total. The van der Waals surface area contributed by atoms with Gasteiger partial charge in [0.1, 0.15) is 0 Å². The number of carbonyl (C=O) groups is 1. The van der Waals surface area contributed by atoms with Crippen molar-refractivity contribution in [2.45, 2.75) is 127 Å². The van der Waals surface area contributed by atoms with Crippen molar-refractivity contribution in [2.24, 2.45) is 52.8 Å². The second kappa shape index (κ2) is 17.5. The Morgan fingerprint density at radius 2 is 1.56 bits per heavy atom. The summed E-state index contributed by atoms with van der Waals surface area (Å²) in [7, 11) is 0. The van der Waals surface area contributed by atoms with Gasteiger partial charge in [-0.25, -0.2) is 0 Å². The first-order valence-corrected chi connectivity index (χ1v) is 15.1. The Kier molecular flexibility index (Phi) is 17.0. The highest BCUT2D eigenvalue weighted by Crippen LogP contribution is 2.64. The number of aliphatic carboxylic acids is 1. The summed E-state index contributed by atoms with van der Waals surface area (Å²) in [6.07, 6.45) is 12.6. The summed E-state index contributed by atoms with van der Waals surface area (Å²) < 4.78 is 0. The zero-order valence-electron chi connectivity index (χ0n) is 25.4. The van der Waals surface area contributed by atoms with Crippen LogP contribution in [-0.2, 0) is 4.79 Å². The van der Waals surface area contributed by atoms with Gasteiger partial charge in [0.25, 0.3) is 0 Å². The SMILES string of the molecule is C=C(C)O.CC.CC(C)CCC[C@@H](C)C1CCC2C3CCC(CC(=O)O)C(C)C3CCC21C.CCO. The maximum absolute atomic E-state index is 11.3. The van der Waals surface area contributed by atoms with E-state index in [1.54, 1.807) is 6.92 Å². The highest BCUT2D eigenvalue weighted by molar-refractivity contribution is 5.67. The van der Waals surface area contributed by atoms with Gasteiger partial charge in [0.05, 0.1) is 5.76 Å². The number of aliphatic hydroxyl groups is 2. The molecule has 3 aliphatic rings. The van der Waals surface area contributed by atoms with E-state index in [4.69, 9.17) is 10.2 Å². The fourth-order valence-electron chi connectivity index (χ4n) is 7.94. The summed E-state index contributed by atoms with van der Waals surface area (Å²) in [5, 5.41) is 24.7. The van der Waals surface area contributed by atoms with Crippen LogP contribution in [0.3, 0.4) is 0 Å². The Morgan fingerprint density at radius 1 is 1.00 bits per heavy atom. The molecule has 0 radical (unpaired) electrons. The van der Waals surface area contributed by atoms with Crippen LogP contribution in [0.1, 0.15) is 127 Å². The lowest BCUT2D eigenvalue weighted by atomic mass is 9.50. The van der Waals surface area contributed by atoms with Crippen LogP contribution in [0.25, 0.3) is 0 Å². The third kappa shape index (κ3) is 10.4. The Bertz CT molecular complexity index is 611. The molecule has 36 heavy (non-hydrogen) atoms. The standard InChI is InChI=1S/C25H44O2.C3H6O.C2H6O.C2H6/c1-16(2)7-6-8-17(3)22-11-12-23-21-10-9-19(15-24(26)27)18(4)20(21)13-14-25(22,23)5;1-3(2)4;1-2-3;1-2/h16-23H,6-15H2,1-5H3,(H,26,27);4H,1H2,2H3;3H,2H2,1H3;1-2H3/t17-,18?,19?,20?,21?,22?,23?,25?;;;/m1.../s1. The molecule has 0 aromatic heterocycles. The summed E-state index contributed by atoms with van der Waals surface area (Å²) in [6, 6.07) is 0. The molecule has 0 spiro atoms. The van der Waals surface area contributed by atoms with Crippen LogP contribution < -0.4 is 0 Å². The first kappa shape index (κ1) is 35.0. The molecular weight excluding hydrogens is 448 g/mol. The number of hydrogen-bond donors (Lipinski definition) is 3. The highest BCUT2D eigenvalue weighted by Gasteiger charge is 2.56. The zero-order valence-corrected chi connectivity index (χ0v) is 25.4. The molecule has 3 fully saturated rings. The van der Waals surface area contributed by atoms with Crippen LogP contribution in [0.15, 0.2) is 12.3 Å². The molecule has 0 bridgehead atoms. The minimum absolute atomic E-state index is 0.167. The number of carboxylic acids is 1. The molecule has 3 saturated carbocycles. The maximum atomic E-state index is 11.3. The lowest BCUT2D eigenvalue weighted by Crippen LogP contribution is -2.47. The first-order chi connectivity index (χ1) is 16.9. The van der Waals surface area contributed by atoms with Gasteiger partial charge in [-0.2, -0.15) is 0 Å². The van der Waals surface area contributed by atoms with E-state index < -0.39 is 5.97 Å². The van der Waals surface area contributed by atoms with Crippen LogP contribution in [0.2, 0.25) is 0 Å². The van der Waals surface area contributed by atoms with Gasteiger partial charge < -0.3 is 15.3 Å². The van der Waals surface area contributed by atoms with E-state index in [-0.39, 0.29) is 12.4 Å². The number of hydrogen-bond acceptors (Lipinski definition) is 3. The average Bonchev–Trinajstić information content (AvgIpc) is 3.14. The van der Waals surface area contributed by atoms with Crippen molar-refractivity contribution in [1.29, 1.82) is 0 Å². The molecular formula is C32H62O4. The number of fused-ring (bicyclic) bond motifs is 3. The van der Waals surface area contributed by atoms with Crippen molar-refractivity contribution in [2.75, 3.05) is 6.61 Å². The zero-order chi connectivity index (χ0) is 28.1. The molecule has 0 aliphatic heterocycles. The van der Waals surface area contributed by atoms with Gasteiger partial charge >= 0.3 is 5.97 Å². The lowest BCUT2D eigenvalue weighted by molar-refractivity contribution is -0.140. The molecule has 0 heterocycles. The molecule has 214 valence electrons. The summed E-state index contributed by atoms with van der Waals surface area (Å²) in [4.78, 5) is 11.3. The largest absolute Gasteiger partial charge is 0.513 e. The van der Waals surface area contributed by atoms with Gasteiger partial charge in [0.2, 0.25) is 0 Å². The molecule has 3 N–H and O–H groups in total. The van der Waals surface area contributed by atoms with Gasteiger partial charge in [-0.3, -0.25) is 4.79 Å². The smallest absolute Gasteiger partial charge is 0.303 e. The van der Waals surface area contributed by atoms with Crippen molar-refractivity contribution >= 4 is 5.97 Å². The molecule has 3 rings (SSSR count). The van der Waals surface area contributed by atoms with Gasteiger partial charge in [-0.1, -0.05) is 74.3 Å². The average molecular weight is 511 g/mol. The minimum atomic E-state index is -0.595. The summed E-state index contributed by atoms with van der Waals surface area (Å²) >= 11 is 0. The van der Waals surface area contributed by atoms with Crippen molar-refractivity contribution in [3.8, 4) is 0 Å². The normalized spacial score (nSPS) is 33.3. The van der Waals surface area contributed by atoms with Crippen molar-refractivity contribution in [3.63, 3.8) is 0 Å². The van der Waals surface area contributed by atoms with E-state index in [1.807, 2.05) is 13.8 Å². The molecule has 0 aromatic carbocycles. The molecule has 0 saturated heterocycles. The van der Waals surface area contributed by atoms with Gasteiger partial charge in [0, 0.05) is 13.0 Å². The van der Waals surface area contributed by atoms with E-state index in [0.717, 1.165) is 41.9 Å². The van der Waals surface area contributed by atoms with E-state index in [0.29, 0.717) is 23.7 Å². The van der Waals surface area contributed by atoms with E-state index in [9.17, 15) is 9.90 Å². The molecule has 0 amide bonds. The van der Waals surface area contributed by atoms with Gasteiger partial charge in [0.15, 0.2) is 0 Å². The lowest BCUT2D eigenvalue weighted by Gasteiger charge is -2.54. The van der Waals surface area contributed by atoms with Crippen molar-refractivity contribution in [1.82, 2.24) is 0 Å². The van der Waals surface area contributed by atoms with Gasteiger partial charge in [-0.15, -0.1) is 0 Å². The van der Waals surface area contributed by atoms with Crippen LogP contribution >= 0.6 is 0 Å². The minimum Gasteiger partial charge on any atom is -0.513 e. The fraction of sp³-hybridized carbons (Fsp3) is 0.906. The van der Waals surface area contributed by atoms with Crippen LogP contribution in [0.4, 0.5) is 0 Å². The summed E-state index contributed by atoms with van der Waals surface area (Å²) in [6.45, 7) is 22.8. The Hall–Kier alpha value is -1.03. The van der Waals surface area contributed by atoms with Crippen LogP contribution in [-0.4, -0.2) is 27.9 Å². The van der Waals surface area contributed by atoms with Crippen LogP contribution in [0.5, 0.6) is 0 Å². The van der Waals surface area contributed by atoms with Gasteiger partial charge in [-0.05, 0) is 105 Å². The first-order valence-electron chi connectivity index (χ1n) is 15.1. The highest BCUT2D eigenvalue weighted by atomic mass is 16.4. The number of aliphatic hydroxyl groups excluding tert-OH is 2. The second-order valence-electron chi connectivity index (χ2n) is 12.3. The van der Waals surface area contributed by atoms with Crippen LogP contribution in [0, 0.1) is 52.8 Å². The topological polar surface area (TPSA) is 77.8 Å². The van der Waals surface area contributed by atoms with Crippen molar-refractivity contribution in [3.05, 3.63) is 12.3 Å². The van der Waals surface area contributed by atoms with E-state index in [1.165, 1.54) is 58.3 Å². The Morgan fingerprint density at radius 3 is 2.06 bits per heavy atom. The molecule has 3 aliphatic carbocycles. The van der Waals surface area contributed by atoms with E-state index >= 15 is 0 Å². The fourth-order valence-corrected chi connectivity index (χ4v) is 7.94. The number of allylic oxidation sites excluding steroid dienone is 1. The third-order valence-electron chi connectivity index (χ3n) is 9.42. The maximum Gasteiger partial charge on any atom is 0.303 e. The quantitative estimate of drug-likeness (QED) is 0.298. The number of carboxylic acid groups (broad SMARTS) is 1. The molecule has 4 heteroatoms. The number of rotatable bonds is 7. The predicted octanol–water partition coefficient (Wildman–Crippen LogP) is 9.13. The Labute approximate surface area is 224 Å². The van der Waals surface area contributed by atoms with E-state index in [2.05, 4.69) is 41.2 Å². The summed E-state index contributed by atoms with van der Waals surface area (Å²) in [5.41, 5.74) is 0.553. The summed E-state index contributed by atoms with van der Waals surface area (Å²) in [5.74, 6) is 5.78. The molecule has 7 unspecified atom stereocenters. The van der Waals surface area contributed by atoms with Crippen molar-refractivity contribution < 1.29 is 20.1 Å². The Balaban J connectivity index is 0.00000119. The predicted molar refractivity (Wildman–Crippen MR) is 154 cm³/mol. The molecule has 8 atom stereocenters. The second-order valence-corrected chi connectivity index (χ2v) is 12.3. The molecule has 0 aromatic rings.